The molecule has 3 heteroatoms. The normalized spacial score (nSPS) is 20.8. The molecule has 1 N–H and O–H groups in total. The van der Waals surface area contributed by atoms with Gasteiger partial charge in [0.25, 0.3) is 0 Å². The summed E-state index contributed by atoms with van der Waals surface area (Å²) in [6.45, 7) is 2.09. The summed E-state index contributed by atoms with van der Waals surface area (Å²) in [6.07, 6.45) is 2.97. The number of hydroxylamine groups is 1. The highest BCUT2D eigenvalue weighted by atomic mass is 16.7. The van der Waals surface area contributed by atoms with Gasteiger partial charge in [-0.05, 0) is 48.4 Å². The second-order valence-corrected chi connectivity index (χ2v) is 5.47. The Morgan fingerprint density at radius 3 is 2.43 bits per heavy atom. The molecule has 2 aromatic rings. The fraction of sp³-hybridized carbons (Fsp3) is 0.222. The number of rotatable bonds is 4. The van der Waals surface area contributed by atoms with Gasteiger partial charge in [-0.1, -0.05) is 30.3 Å². The first kappa shape index (κ1) is 13.7. The van der Waals surface area contributed by atoms with E-state index in [1.54, 1.807) is 7.11 Å². The van der Waals surface area contributed by atoms with Crippen LogP contribution in [0.25, 0.3) is 5.70 Å². The van der Waals surface area contributed by atoms with E-state index in [4.69, 9.17) is 9.57 Å². The maximum absolute atomic E-state index is 5.79. The first-order chi connectivity index (χ1) is 10.2. The minimum Gasteiger partial charge on any atom is -0.497 e. The van der Waals surface area contributed by atoms with E-state index in [1.165, 1.54) is 5.56 Å². The third-order valence-corrected chi connectivity index (χ3v) is 3.64. The Morgan fingerprint density at radius 2 is 1.76 bits per heavy atom. The molecule has 0 radical (unpaired) electrons. The first-order valence-corrected chi connectivity index (χ1v) is 7.04. The van der Waals surface area contributed by atoms with Crippen LogP contribution in [0.5, 0.6) is 5.75 Å². The smallest absolute Gasteiger partial charge is 0.118 e. The molecule has 0 saturated carbocycles. The summed E-state index contributed by atoms with van der Waals surface area (Å²) in [4.78, 5) is 5.79. The first-order valence-electron chi connectivity index (χ1n) is 7.04. The topological polar surface area (TPSA) is 30.5 Å². The zero-order valence-electron chi connectivity index (χ0n) is 12.3. The third-order valence-electron chi connectivity index (χ3n) is 3.64. The molecular formula is C18H19NO2. The van der Waals surface area contributed by atoms with Crippen LogP contribution in [-0.4, -0.2) is 12.7 Å². The summed E-state index contributed by atoms with van der Waals surface area (Å²) in [6, 6.07) is 18.3. The SMILES string of the molecule is COc1ccc(C2=CC(C)(Cc3ccccc3)ON2)cc1. The molecule has 1 aliphatic heterocycles. The van der Waals surface area contributed by atoms with Gasteiger partial charge in [0.15, 0.2) is 0 Å². The quantitative estimate of drug-likeness (QED) is 0.929. The van der Waals surface area contributed by atoms with Crippen molar-refractivity contribution in [2.75, 3.05) is 7.11 Å². The molecule has 108 valence electrons. The zero-order chi connectivity index (χ0) is 14.7. The van der Waals surface area contributed by atoms with Crippen LogP contribution in [0.4, 0.5) is 0 Å². The van der Waals surface area contributed by atoms with Gasteiger partial charge < -0.3 is 4.74 Å². The van der Waals surface area contributed by atoms with E-state index in [1.807, 2.05) is 30.3 Å². The van der Waals surface area contributed by atoms with Crippen LogP contribution >= 0.6 is 0 Å². The highest BCUT2D eigenvalue weighted by Crippen LogP contribution is 2.29. The lowest BCUT2D eigenvalue weighted by Gasteiger charge is -2.19. The Bertz CT molecular complexity index is 634. The minimum absolute atomic E-state index is 0.337. The lowest BCUT2D eigenvalue weighted by atomic mass is 9.95. The van der Waals surface area contributed by atoms with Crippen molar-refractivity contribution in [1.29, 1.82) is 0 Å². The van der Waals surface area contributed by atoms with Gasteiger partial charge in [0.1, 0.15) is 11.4 Å². The predicted molar refractivity (Wildman–Crippen MR) is 83.7 cm³/mol. The van der Waals surface area contributed by atoms with E-state index < -0.39 is 0 Å². The van der Waals surface area contributed by atoms with E-state index in [9.17, 15) is 0 Å². The van der Waals surface area contributed by atoms with Gasteiger partial charge in [-0.2, -0.15) is 0 Å². The maximum atomic E-state index is 5.79. The van der Waals surface area contributed by atoms with Gasteiger partial charge >= 0.3 is 0 Å². The Morgan fingerprint density at radius 1 is 1.05 bits per heavy atom. The fourth-order valence-electron chi connectivity index (χ4n) is 2.54. The molecule has 0 amide bonds. The van der Waals surface area contributed by atoms with Crippen molar-refractivity contribution in [3.8, 4) is 5.75 Å². The molecule has 1 atom stereocenters. The molecule has 1 unspecified atom stereocenters. The molecule has 0 fully saturated rings. The van der Waals surface area contributed by atoms with Crippen LogP contribution in [0.1, 0.15) is 18.1 Å². The van der Waals surface area contributed by atoms with Gasteiger partial charge in [0, 0.05) is 6.42 Å². The number of benzene rings is 2. The second kappa shape index (κ2) is 5.62. The summed E-state index contributed by atoms with van der Waals surface area (Å²) in [5.74, 6) is 0.852. The highest BCUT2D eigenvalue weighted by molar-refractivity contribution is 5.66. The Labute approximate surface area is 125 Å². The largest absolute Gasteiger partial charge is 0.497 e. The van der Waals surface area contributed by atoms with Gasteiger partial charge in [-0.25, -0.2) is 0 Å². The molecule has 3 rings (SSSR count). The molecule has 0 saturated heterocycles. The molecule has 0 bridgehead atoms. The molecule has 1 heterocycles. The minimum atomic E-state index is -0.337. The van der Waals surface area contributed by atoms with Gasteiger partial charge in [-0.15, -0.1) is 0 Å². The van der Waals surface area contributed by atoms with Crippen molar-refractivity contribution in [3.05, 3.63) is 71.8 Å². The second-order valence-electron chi connectivity index (χ2n) is 5.47. The van der Waals surface area contributed by atoms with Crippen LogP contribution in [0.15, 0.2) is 60.7 Å². The van der Waals surface area contributed by atoms with Crippen molar-refractivity contribution < 1.29 is 9.57 Å². The monoisotopic (exact) mass is 281 g/mol. The van der Waals surface area contributed by atoms with E-state index >= 15 is 0 Å². The lowest BCUT2D eigenvalue weighted by Crippen LogP contribution is -2.28. The third kappa shape index (κ3) is 3.09. The van der Waals surface area contributed by atoms with Crippen LogP contribution in [-0.2, 0) is 11.3 Å². The molecule has 0 aliphatic carbocycles. The van der Waals surface area contributed by atoms with Crippen LogP contribution in [0.3, 0.4) is 0 Å². The Kier molecular flexibility index (Phi) is 3.67. The number of hydrogen-bond donors (Lipinski definition) is 1. The molecule has 0 aromatic heterocycles. The zero-order valence-corrected chi connectivity index (χ0v) is 12.3. The van der Waals surface area contributed by atoms with Crippen LogP contribution in [0.2, 0.25) is 0 Å². The van der Waals surface area contributed by atoms with Crippen molar-refractivity contribution in [2.45, 2.75) is 18.9 Å². The van der Waals surface area contributed by atoms with E-state index in [-0.39, 0.29) is 5.60 Å². The number of ether oxygens (including phenoxy) is 1. The average Bonchev–Trinajstić information content (AvgIpc) is 2.90. The standard InChI is InChI=1S/C18H19NO2/c1-18(12-14-6-4-3-5-7-14)13-17(19-21-18)15-8-10-16(20-2)11-9-15/h3-11,13,19H,12H2,1-2H3. The van der Waals surface area contributed by atoms with Crippen molar-refractivity contribution in [3.63, 3.8) is 0 Å². The number of methoxy groups -OCH3 is 1. The van der Waals surface area contributed by atoms with E-state index in [2.05, 4.69) is 42.7 Å². The summed E-state index contributed by atoms with van der Waals surface area (Å²) in [7, 11) is 1.67. The molecule has 1 aliphatic rings. The van der Waals surface area contributed by atoms with Crippen molar-refractivity contribution >= 4 is 5.70 Å². The van der Waals surface area contributed by atoms with Gasteiger partial charge in [0.05, 0.1) is 12.8 Å². The van der Waals surface area contributed by atoms with Crippen LogP contribution < -0.4 is 10.2 Å². The van der Waals surface area contributed by atoms with Gasteiger partial charge in [-0.3, -0.25) is 10.3 Å². The average molecular weight is 281 g/mol. The maximum Gasteiger partial charge on any atom is 0.118 e. The Balaban J connectivity index is 1.79. The van der Waals surface area contributed by atoms with Crippen molar-refractivity contribution in [1.82, 2.24) is 5.48 Å². The van der Waals surface area contributed by atoms with Gasteiger partial charge in [0.2, 0.25) is 0 Å². The predicted octanol–water partition coefficient (Wildman–Crippen LogP) is 3.57. The molecule has 3 nitrogen and oxygen atoms in total. The molecular weight excluding hydrogens is 262 g/mol. The number of nitrogens with one attached hydrogen (secondary N) is 1. The fourth-order valence-corrected chi connectivity index (χ4v) is 2.54. The van der Waals surface area contributed by atoms with E-state index in [0.717, 1.165) is 23.4 Å². The summed E-state index contributed by atoms with van der Waals surface area (Å²) in [5, 5.41) is 0. The lowest BCUT2D eigenvalue weighted by molar-refractivity contribution is -0.0208. The summed E-state index contributed by atoms with van der Waals surface area (Å²) < 4.78 is 5.18. The van der Waals surface area contributed by atoms with Crippen LogP contribution in [0, 0.1) is 0 Å². The molecule has 2 aromatic carbocycles. The Hall–Kier alpha value is -2.26. The summed E-state index contributed by atoms with van der Waals surface area (Å²) >= 11 is 0. The number of hydrogen-bond acceptors (Lipinski definition) is 3. The summed E-state index contributed by atoms with van der Waals surface area (Å²) in [5.41, 5.74) is 6.05. The highest BCUT2D eigenvalue weighted by Gasteiger charge is 2.30. The van der Waals surface area contributed by atoms with Crippen molar-refractivity contribution in [2.24, 2.45) is 0 Å². The molecule has 0 spiro atoms. The van der Waals surface area contributed by atoms with E-state index in [0.29, 0.717) is 0 Å². The molecule has 21 heavy (non-hydrogen) atoms.